The van der Waals surface area contributed by atoms with E-state index in [0.717, 1.165) is 33.6 Å². The Morgan fingerprint density at radius 1 is 1.38 bits per heavy atom. The fraction of sp³-hybridized carbons (Fsp3) is 0.438. The van der Waals surface area contributed by atoms with Crippen molar-refractivity contribution in [2.75, 3.05) is 6.61 Å². The number of benzene rings is 1. The molecule has 1 aromatic carbocycles. The third-order valence-electron chi connectivity index (χ3n) is 3.48. The Hall–Kier alpha value is -1.00. The Bertz CT molecular complexity index is 612. The SMILES string of the molecule is CCC(Cl)c1c(C)nn(CCOc2cccc(Br)c2)c1C. The van der Waals surface area contributed by atoms with Gasteiger partial charge in [0.2, 0.25) is 0 Å². The Kier molecular flexibility index (Phi) is 5.71. The summed E-state index contributed by atoms with van der Waals surface area (Å²) < 4.78 is 8.75. The van der Waals surface area contributed by atoms with E-state index >= 15 is 0 Å². The monoisotopic (exact) mass is 370 g/mol. The van der Waals surface area contributed by atoms with Crippen molar-refractivity contribution in [1.82, 2.24) is 9.78 Å². The lowest BCUT2D eigenvalue weighted by molar-refractivity contribution is 0.289. The first-order valence-corrected chi connectivity index (χ1v) is 8.32. The third kappa shape index (κ3) is 4.01. The molecule has 114 valence electrons. The zero-order valence-corrected chi connectivity index (χ0v) is 14.9. The Balaban J connectivity index is 2.01. The summed E-state index contributed by atoms with van der Waals surface area (Å²) >= 11 is 9.81. The van der Waals surface area contributed by atoms with Crippen molar-refractivity contribution in [2.24, 2.45) is 0 Å². The second-order valence-corrected chi connectivity index (χ2v) is 6.43. The molecule has 2 rings (SSSR count). The quantitative estimate of drug-likeness (QED) is 0.666. The minimum atomic E-state index is 0.0322. The maximum absolute atomic E-state index is 6.37. The van der Waals surface area contributed by atoms with E-state index in [9.17, 15) is 0 Å². The van der Waals surface area contributed by atoms with Crippen molar-refractivity contribution < 1.29 is 4.74 Å². The van der Waals surface area contributed by atoms with Gasteiger partial charge in [-0.3, -0.25) is 4.68 Å². The highest BCUT2D eigenvalue weighted by Crippen LogP contribution is 2.29. The average molecular weight is 372 g/mol. The summed E-state index contributed by atoms with van der Waals surface area (Å²) in [5.41, 5.74) is 3.30. The molecule has 0 spiro atoms. The van der Waals surface area contributed by atoms with Crippen LogP contribution in [0.5, 0.6) is 5.75 Å². The first-order valence-electron chi connectivity index (χ1n) is 7.09. The van der Waals surface area contributed by atoms with Crippen molar-refractivity contribution in [1.29, 1.82) is 0 Å². The van der Waals surface area contributed by atoms with Crippen LogP contribution in [0.1, 0.15) is 35.7 Å². The first kappa shape index (κ1) is 16.4. The van der Waals surface area contributed by atoms with Crippen LogP contribution in [0, 0.1) is 13.8 Å². The number of rotatable bonds is 6. The molecule has 0 fully saturated rings. The van der Waals surface area contributed by atoms with E-state index in [-0.39, 0.29) is 5.38 Å². The number of halogens is 2. The Morgan fingerprint density at radius 2 is 2.14 bits per heavy atom. The smallest absolute Gasteiger partial charge is 0.120 e. The zero-order valence-electron chi connectivity index (χ0n) is 12.6. The van der Waals surface area contributed by atoms with Crippen molar-refractivity contribution in [2.45, 2.75) is 39.1 Å². The second kappa shape index (κ2) is 7.32. The maximum atomic E-state index is 6.37. The fourth-order valence-electron chi connectivity index (χ4n) is 2.39. The number of ether oxygens (including phenoxy) is 1. The van der Waals surface area contributed by atoms with Gasteiger partial charge in [0.25, 0.3) is 0 Å². The summed E-state index contributed by atoms with van der Waals surface area (Å²) in [5, 5.41) is 4.60. The Morgan fingerprint density at radius 3 is 2.81 bits per heavy atom. The molecule has 0 aliphatic heterocycles. The van der Waals surface area contributed by atoms with E-state index in [4.69, 9.17) is 16.3 Å². The summed E-state index contributed by atoms with van der Waals surface area (Å²) in [6.07, 6.45) is 0.906. The topological polar surface area (TPSA) is 27.1 Å². The van der Waals surface area contributed by atoms with Gasteiger partial charge in [-0.2, -0.15) is 5.10 Å². The van der Waals surface area contributed by atoms with Crippen LogP contribution in [-0.2, 0) is 6.54 Å². The summed E-state index contributed by atoms with van der Waals surface area (Å²) in [5.74, 6) is 0.856. The molecule has 0 radical (unpaired) electrons. The first-order chi connectivity index (χ1) is 10.0. The summed E-state index contributed by atoms with van der Waals surface area (Å²) in [7, 11) is 0. The molecule has 0 aliphatic rings. The molecular weight excluding hydrogens is 352 g/mol. The predicted molar refractivity (Wildman–Crippen MR) is 90.2 cm³/mol. The normalized spacial score (nSPS) is 12.4. The highest BCUT2D eigenvalue weighted by molar-refractivity contribution is 9.10. The fourth-order valence-corrected chi connectivity index (χ4v) is 3.09. The van der Waals surface area contributed by atoms with Crippen LogP contribution in [0.4, 0.5) is 0 Å². The van der Waals surface area contributed by atoms with E-state index in [1.807, 2.05) is 35.9 Å². The summed E-state index contributed by atoms with van der Waals surface area (Å²) in [6, 6.07) is 7.84. The number of hydrogen-bond acceptors (Lipinski definition) is 2. The minimum absolute atomic E-state index is 0.0322. The molecule has 1 heterocycles. The Labute approximate surface area is 139 Å². The van der Waals surface area contributed by atoms with Crippen molar-refractivity contribution >= 4 is 27.5 Å². The molecule has 0 saturated carbocycles. The highest BCUT2D eigenvalue weighted by atomic mass is 79.9. The largest absolute Gasteiger partial charge is 0.492 e. The lowest BCUT2D eigenvalue weighted by Crippen LogP contribution is -2.11. The molecule has 0 saturated heterocycles. The van der Waals surface area contributed by atoms with E-state index in [1.54, 1.807) is 0 Å². The van der Waals surface area contributed by atoms with Gasteiger partial charge in [0.15, 0.2) is 0 Å². The lowest BCUT2D eigenvalue weighted by atomic mass is 10.1. The molecule has 0 amide bonds. The molecule has 1 unspecified atom stereocenters. The van der Waals surface area contributed by atoms with Gasteiger partial charge in [0, 0.05) is 15.7 Å². The molecule has 0 aliphatic carbocycles. The van der Waals surface area contributed by atoms with Gasteiger partial charge in [-0.1, -0.05) is 28.9 Å². The van der Waals surface area contributed by atoms with Crippen LogP contribution in [0.25, 0.3) is 0 Å². The lowest BCUT2D eigenvalue weighted by Gasteiger charge is -2.10. The van der Waals surface area contributed by atoms with Crippen molar-refractivity contribution in [3.05, 3.63) is 45.7 Å². The molecule has 1 atom stereocenters. The number of alkyl halides is 1. The van der Waals surface area contributed by atoms with Crippen LogP contribution in [0.15, 0.2) is 28.7 Å². The van der Waals surface area contributed by atoms with Crippen LogP contribution in [-0.4, -0.2) is 16.4 Å². The molecule has 1 aromatic heterocycles. The standard InChI is InChI=1S/C16H20BrClN2O/c1-4-15(18)16-11(2)19-20(12(16)3)8-9-21-14-7-5-6-13(17)10-14/h5-7,10,15H,4,8-9H2,1-3H3. The van der Waals surface area contributed by atoms with Crippen LogP contribution in [0.2, 0.25) is 0 Å². The van der Waals surface area contributed by atoms with E-state index in [2.05, 4.69) is 34.9 Å². The van der Waals surface area contributed by atoms with E-state index < -0.39 is 0 Å². The predicted octanol–water partition coefficient (Wildman–Crippen LogP) is 5.03. The highest BCUT2D eigenvalue weighted by Gasteiger charge is 2.17. The van der Waals surface area contributed by atoms with Gasteiger partial charge in [-0.05, 0) is 38.5 Å². The van der Waals surface area contributed by atoms with Crippen LogP contribution >= 0.6 is 27.5 Å². The maximum Gasteiger partial charge on any atom is 0.120 e. The molecule has 5 heteroatoms. The van der Waals surface area contributed by atoms with E-state index in [0.29, 0.717) is 13.2 Å². The number of nitrogens with zero attached hydrogens (tertiary/aromatic N) is 2. The van der Waals surface area contributed by atoms with Gasteiger partial charge in [-0.25, -0.2) is 0 Å². The second-order valence-electron chi connectivity index (χ2n) is 4.99. The number of aromatic nitrogens is 2. The van der Waals surface area contributed by atoms with Gasteiger partial charge >= 0.3 is 0 Å². The van der Waals surface area contributed by atoms with E-state index in [1.165, 1.54) is 0 Å². The van der Waals surface area contributed by atoms with Gasteiger partial charge in [0.1, 0.15) is 12.4 Å². The van der Waals surface area contributed by atoms with Gasteiger partial charge in [-0.15, -0.1) is 11.6 Å². The zero-order chi connectivity index (χ0) is 15.4. The summed E-state index contributed by atoms with van der Waals surface area (Å²) in [4.78, 5) is 0. The van der Waals surface area contributed by atoms with Gasteiger partial charge < -0.3 is 4.74 Å². The average Bonchev–Trinajstić information content (AvgIpc) is 2.73. The third-order valence-corrected chi connectivity index (χ3v) is 4.50. The molecule has 3 nitrogen and oxygen atoms in total. The van der Waals surface area contributed by atoms with Crippen LogP contribution < -0.4 is 4.74 Å². The molecule has 21 heavy (non-hydrogen) atoms. The van der Waals surface area contributed by atoms with Crippen molar-refractivity contribution in [3.63, 3.8) is 0 Å². The number of hydrogen-bond donors (Lipinski definition) is 0. The summed E-state index contributed by atoms with van der Waals surface area (Å²) in [6.45, 7) is 7.46. The molecule has 0 bridgehead atoms. The number of aryl methyl sites for hydroxylation is 1. The van der Waals surface area contributed by atoms with Gasteiger partial charge in [0.05, 0.1) is 17.6 Å². The van der Waals surface area contributed by atoms with Crippen LogP contribution in [0.3, 0.4) is 0 Å². The van der Waals surface area contributed by atoms with Crippen molar-refractivity contribution in [3.8, 4) is 5.75 Å². The minimum Gasteiger partial charge on any atom is -0.492 e. The molecular formula is C16H20BrClN2O. The molecule has 0 N–H and O–H groups in total. The molecule has 2 aromatic rings.